The van der Waals surface area contributed by atoms with Crippen LogP contribution in [0.25, 0.3) is 0 Å². The van der Waals surface area contributed by atoms with Crippen LogP contribution in [0.4, 0.5) is 0 Å². The zero-order valence-electron chi connectivity index (χ0n) is 11.3. The minimum atomic E-state index is 0.211. The Hall–Kier alpha value is -0.570. The molecular formula is C14H28N2O. The number of carbonyl (C=O) groups is 1. The Morgan fingerprint density at radius 3 is 2.47 bits per heavy atom. The number of amides is 1. The lowest BCUT2D eigenvalue weighted by Gasteiger charge is -2.25. The van der Waals surface area contributed by atoms with E-state index in [4.69, 9.17) is 0 Å². The number of hydrogen-bond donors (Lipinski definition) is 1. The molecule has 0 unspecified atom stereocenters. The predicted octanol–water partition coefficient (Wildman–Crippen LogP) is 2.56. The Labute approximate surface area is 106 Å². The average molecular weight is 240 g/mol. The second-order valence-corrected chi connectivity index (χ2v) is 5.10. The molecule has 1 rings (SSSR count). The summed E-state index contributed by atoms with van der Waals surface area (Å²) in [5, 5.41) is 3.03. The average Bonchev–Trinajstić information content (AvgIpc) is 2.35. The van der Waals surface area contributed by atoms with E-state index < -0.39 is 0 Å². The number of unbranched alkanes of at least 4 members (excludes halogenated alkanes) is 4. The van der Waals surface area contributed by atoms with Gasteiger partial charge in [-0.05, 0) is 32.4 Å². The third-order valence-corrected chi connectivity index (χ3v) is 3.42. The van der Waals surface area contributed by atoms with Gasteiger partial charge in [0.05, 0.1) is 6.54 Å². The highest BCUT2D eigenvalue weighted by atomic mass is 16.2. The summed E-state index contributed by atoms with van der Waals surface area (Å²) in [5.41, 5.74) is 0. The molecule has 0 aliphatic carbocycles. The third-order valence-electron chi connectivity index (χ3n) is 3.42. The van der Waals surface area contributed by atoms with Crippen LogP contribution >= 0.6 is 0 Å². The summed E-state index contributed by atoms with van der Waals surface area (Å²) in [4.78, 5) is 13.9. The van der Waals surface area contributed by atoms with Gasteiger partial charge in [0.25, 0.3) is 0 Å². The van der Waals surface area contributed by atoms with Gasteiger partial charge >= 0.3 is 0 Å². The van der Waals surface area contributed by atoms with Gasteiger partial charge < -0.3 is 5.32 Å². The largest absolute Gasteiger partial charge is 0.355 e. The molecule has 0 atom stereocenters. The highest BCUT2D eigenvalue weighted by Crippen LogP contribution is 2.07. The van der Waals surface area contributed by atoms with Crippen LogP contribution in [0.5, 0.6) is 0 Å². The van der Waals surface area contributed by atoms with Crippen LogP contribution in [0.2, 0.25) is 0 Å². The minimum absolute atomic E-state index is 0.211. The van der Waals surface area contributed by atoms with Crippen LogP contribution in [0, 0.1) is 0 Å². The van der Waals surface area contributed by atoms with Gasteiger partial charge in [0.15, 0.2) is 0 Å². The van der Waals surface area contributed by atoms with Crippen molar-refractivity contribution >= 4 is 5.91 Å². The van der Waals surface area contributed by atoms with Crippen LogP contribution in [0.3, 0.4) is 0 Å². The van der Waals surface area contributed by atoms with E-state index in [1.807, 2.05) is 0 Å². The summed E-state index contributed by atoms with van der Waals surface area (Å²) in [5.74, 6) is 0.211. The van der Waals surface area contributed by atoms with Crippen LogP contribution < -0.4 is 5.32 Å². The van der Waals surface area contributed by atoms with Crippen LogP contribution in [-0.2, 0) is 4.79 Å². The van der Waals surface area contributed by atoms with Crippen molar-refractivity contribution < 1.29 is 4.79 Å². The summed E-state index contributed by atoms with van der Waals surface area (Å²) in [6.45, 7) is 5.89. The lowest BCUT2D eigenvalue weighted by atomic mass is 10.1. The van der Waals surface area contributed by atoms with E-state index in [2.05, 4.69) is 17.1 Å². The van der Waals surface area contributed by atoms with E-state index >= 15 is 0 Å². The number of likely N-dealkylation sites (tertiary alicyclic amines) is 1. The Morgan fingerprint density at radius 1 is 1.06 bits per heavy atom. The van der Waals surface area contributed by atoms with Crippen molar-refractivity contribution in [3.8, 4) is 0 Å². The molecule has 0 saturated carbocycles. The molecule has 0 spiro atoms. The Morgan fingerprint density at radius 2 is 1.76 bits per heavy atom. The van der Waals surface area contributed by atoms with Crippen LogP contribution in [0.1, 0.15) is 58.3 Å². The maximum Gasteiger partial charge on any atom is 0.234 e. The molecule has 17 heavy (non-hydrogen) atoms. The molecular weight excluding hydrogens is 212 g/mol. The van der Waals surface area contributed by atoms with Crippen molar-refractivity contribution in [1.29, 1.82) is 0 Å². The zero-order valence-corrected chi connectivity index (χ0v) is 11.3. The molecule has 100 valence electrons. The fourth-order valence-electron chi connectivity index (χ4n) is 2.33. The first-order valence-electron chi connectivity index (χ1n) is 7.32. The van der Waals surface area contributed by atoms with E-state index in [9.17, 15) is 4.79 Å². The van der Waals surface area contributed by atoms with Gasteiger partial charge in [-0.15, -0.1) is 0 Å². The van der Waals surface area contributed by atoms with Crippen molar-refractivity contribution in [3.63, 3.8) is 0 Å². The van der Waals surface area contributed by atoms with Crippen molar-refractivity contribution in [2.75, 3.05) is 26.2 Å². The Balaban J connectivity index is 1.93. The maximum absolute atomic E-state index is 11.6. The van der Waals surface area contributed by atoms with Crippen LogP contribution in [0.15, 0.2) is 0 Å². The molecule has 0 radical (unpaired) electrons. The third kappa shape index (κ3) is 7.37. The van der Waals surface area contributed by atoms with E-state index in [0.717, 1.165) is 26.1 Å². The lowest BCUT2D eigenvalue weighted by Crippen LogP contribution is -2.40. The molecule has 1 aliphatic heterocycles. The van der Waals surface area contributed by atoms with Gasteiger partial charge in [0, 0.05) is 6.54 Å². The Kier molecular flexibility index (Phi) is 8.06. The quantitative estimate of drug-likeness (QED) is 0.661. The molecule has 1 amide bonds. The van der Waals surface area contributed by atoms with Gasteiger partial charge in [-0.1, -0.05) is 39.0 Å². The highest BCUT2D eigenvalue weighted by molar-refractivity contribution is 5.77. The van der Waals surface area contributed by atoms with E-state index in [1.54, 1.807) is 0 Å². The highest BCUT2D eigenvalue weighted by Gasteiger charge is 2.12. The standard InChI is InChI=1S/C14H28N2O/c1-2-3-4-5-7-10-15-14(17)13-16-11-8-6-9-12-16/h2-13H2,1H3,(H,15,17). The second kappa shape index (κ2) is 9.46. The van der Waals surface area contributed by atoms with Crippen molar-refractivity contribution in [2.24, 2.45) is 0 Å². The second-order valence-electron chi connectivity index (χ2n) is 5.10. The number of nitrogens with zero attached hydrogens (tertiary/aromatic N) is 1. The monoisotopic (exact) mass is 240 g/mol. The molecule has 1 heterocycles. The number of hydrogen-bond acceptors (Lipinski definition) is 2. The summed E-state index contributed by atoms with van der Waals surface area (Å²) in [6, 6.07) is 0. The van der Waals surface area contributed by atoms with Crippen molar-refractivity contribution in [3.05, 3.63) is 0 Å². The summed E-state index contributed by atoms with van der Waals surface area (Å²) < 4.78 is 0. The number of nitrogens with one attached hydrogen (secondary N) is 1. The SMILES string of the molecule is CCCCCCCNC(=O)CN1CCCCC1. The Bertz CT molecular complexity index is 200. The summed E-state index contributed by atoms with van der Waals surface area (Å²) >= 11 is 0. The number of piperidine rings is 1. The van der Waals surface area contributed by atoms with Gasteiger partial charge in [0.2, 0.25) is 5.91 Å². The normalized spacial score (nSPS) is 17.0. The molecule has 3 nitrogen and oxygen atoms in total. The molecule has 0 aromatic heterocycles. The minimum Gasteiger partial charge on any atom is -0.355 e. The van der Waals surface area contributed by atoms with E-state index in [-0.39, 0.29) is 5.91 Å². The molecule has 1 aliphatic rings. The summed E-state index contributed by atoms with van der Waals surface area (Å²) in [7, 11) is 0. The lowest BCUT2D eigenvalue weighted by molar-refractivity contribution is -0.122. The van der Waals surface area contributed by atoms with Crippen molar-refractivity contribution in [1.82, 2.24) is 10.2 Å². The fraction of sp³-hybridized carbons (Fsp3) is 0.929. The van der Waals surface area contributed by atoms with Gasteiger partial charge in [0.1, 0.15) is 0 Å². The first kappa shape index (κ1) is 14.5. The zero-order chi connectivity index (χ0) is 12.3. The molecule has 0 bridgehead atoms. The van der Waals surface area contributed by atoms with Crippen LogP contribution in [-0.4, -0.2) is 37.0 Å². The smallest absolute Gasteiger partial charge is 0.234 e. The molecule has 1 N–H and O–H groups in total. The van der Waals surface area contributed by atoms with Crippen molar-refractivity contribution in [2.45, 2.75) is 58.3 Å². The molecule has 1 fully saturated rings. The molecule has 0 aromatic rings. The maximum atomic E-state index is 11.6. The fourth-order valence-corrected chi connectivity index (χ4v) is 2.33. The number of carbonyl (C=O) groups excluding carboxylic acids is 1. The first-order valence-corrected chi connectivity index (χ1v) is 7.32. The molecule has 1 saturated heterocycles. The van der Waals surface area contributed by atoms with E-state index in [1.165, 1.54) is 44.9 Å². The topological polar surface area (TPSA) is 32.3 Å². The number of rotatable bonds is 8. The van der Waals surface area contributed by atoms with Gasteiger partial charge in [-0.25, -0.2) is 0 Å². The predicted molar refractivity (Wildman–Crippen MR) is 72.1 cm³/mol. The molecule has 0 aromatic carbocycles. The summed E-state index contributed by atoms with van der Waals surface area (Å²) in [6.07, 6.45) is 10.1. The van der Waals surface area contributed by atoms with Gasteiger partial charge in [-0.3, -0.25) is 9.69 Å². The van der Waals surface area contributed by atoms with Gasteiger partial charge in [-0.2, -0.15) is 0 Å². The molecule has 3 heteroatoms. The first-order chi connectivity index (χ1) is 8.33. The van der Waals surface area contributed by atoms with E-state index in [0.29, 0.717) is 6.54 Å².